The highest BCUT2D eigenvalue weighted by Crippen LogP contribution is 2.33. The van der Waals surface area contributed by atoms with Crippen LogP contribution in [-0.2, 0) is 9.53 Å². The summed E-state index contributed by atoms with van der Waals surface area (Å²) in [7, 11) is 1.59. The molecular weight excluding hydrogens is 613 g/mol. The van der Waals surface area contributed by atoms with E-state index in [0.717, 1.165) is 8.96 Å². The number of aromatic nitrogens is 2. The van der Waals surface area contributed by atoms with Crippen molar-refractivity contribution in [1.82, 2.24) is 9.66 Å². The van der Waals surface area contributed by atoms with Gasteiger partial charge in [-0.15, -0.1) is 0 Å². The van der Waals surface area contributed by atoms with Gasteiger partial charge in [0.15, 0.2) is 11.9 Å². The predicted octanol–water partition coefficient (Wildman–Crippen LogP) is 5.64. The first-order chi connectivity index (χ1) is 18.9. The molecule has 0 saturated heterocycles. The highest BCUT2D eigenvalue weighted by atomic mass is 127. The van der Waals surface area contributed by atoms with Crippen molar-refractivity contribution in [2.45, 2.75) is 20.0 Å². The molecule has 9 nitrogen and oxygen atoms in total. The van der Waals surface area contributed by atoms with Gasteiger partial charge in [0.2, 0.25) is 5.82 Å². The fraction of sp³-hybridized carbons (Fsp3) is 0.172. The minimum Gasteiger partial charge on any atom is -0.496 e. The summed E-state index contributed by atoms with van der Waals surface area (Å²) in [5.41, 5.74) is 1.51. The first-order valence-electron chi connectivity index (χ1n) is 12.2. The van der Waals surface area contributed by atoms with E-state index < -0.39 is 12.1 Å². The highest BCUT2D eigenvalue weighted by Gasteiger charge is 2.19. The summed E-state index contributed by atoms with van der Waals surface area (Å²) in [6.07, 6.45) is 0.816. The number of fused-ring (bicyclic) bond motifs is 2. The zero-order valence-corrected chi connectivity index (χ0v) is 23.5. The molecule has 0 amide bonds. The van der Waals surface area contributed by atoms with Crippen molar-refractivity contribution in [3.05, 3.63) is 86.2 Å². The maximum Gasteiger partial charge on any atom is 0.347 e. The van der Waals surface area contributed by atoms with E-state index >= 15 is 0 Å². The molecule has 0 N–H and O–H groups in total. The van der Waals surface area contributed by atoms with E-state index in [2.05, 4.69) is 27.7 Å². The van der Waals surface area contributed by atoms with Crippen LogP contribution in [0.4, 0.5) is 0 Å². The fourth-order valence-electron chi connectivity index (χ4n) is 4.03. The van der Waals surface area contributed by atoms with Crippen LogP contribution in [0.5, 0.6) is 11.5 Å². The van der Waals surface area contributed by atoms with Crippen LogP contribution in [0.3, 0.4) is 0 Å². The monoisotopic (exact) mass is 637 g/mol. The first-order valence-corrected chi connectivity index (χ1v) is 13.2. The van der Waals surface area contributed by atoms with Gasteiger partial charge >= 0.3 is 5.97 Å². The number of carbonyl (C=O) groups is 1. The van der Waals surface area contributed by atoms with Gasteiger partial charge in [0, 0.05) is 0 Å². The molecule has 3 aromatic carbocycles. The summed E-state index contributed by atoms with van der Waals surface area (Å²) in [6.45, 7) is 3.67. The van der Waals surface area contributed by atoms with Crippen molar-refractivity contribution in [2.24, 2.45) is 5.10 Å². The summed E-state index contributed by atoms with van der Waals surface area (Å²) in [5, 5.41) is 5.70. The van der Waals surface area contributed by atoms with Crippen molar-refractivity contribution in [3.63, 3.8) is 0 Å². The Morgan fingerprint density at radius 3 is 2.69 bits per heavy atom. The number of para-hydroxylation sites is 1. The summed E-state index contributed by atoms with van der Waals surface area (Å²) < 4.78 is 24.3. The average molecular weight is 637 g/mol. The molecule has 0 saturated carbocycles. The number of carbonyl (C=O) groups excluding carboxylic acids is 1. The minimum absolute atomic E-state index is 0.256. The molecule has 39 heavy (non-hydrogen) atoms. The Balaban J connectivity index is 1.55. The van der Waals surface area contributed by atoms with E-state index in [0.29, 0.717) is 39.3 Å². The molecule has 5 rings (SSSR count). The zero-order valence-electron chi connectivity index (χ0n) is 21.4. The van der Waals surface area contributed by atoms with Crippen LogP contribution in [0.15, 0.2) is 81.0 Å². The molecule has 0 aliphatic heterocycles. The third kappa shape index (κ3) is 5.37. The number of ether oxygens (including phenoxy) is 3. The summed E-state index contributed by atoms with van der Waals surface area (Å²) in [5.74, 6) is 1.38. The molecule has 1 atom stereocenters. The molecule has 5 aromatic rings. The number of rotatable bonds is 8. The molecule has 0 radical (unpaired) electrons. The van der Waals surface area contributed by atoms with Gasteiger partial charge in [0.1, 0.15) is 17.1 Å². The average Bonchev–Trinajstić information content (AvgIpc) is 3.38. The van der Waals surface area contributed by atoms with Crippen LogP contribution in [0.1, 0.15) is 19.4 Å². The normalized spacial score (nSPS) is 12.2. The second-order valence-electron chi connectivity index (χ2n) is 8.50. The Bertz CT molecular complexity index is 1770. The number of furan rings is 1. The van der Waals surface area contributed by atoms with E-state index in [1.165, 1.54) is 4.68 Å². The van der Waals surface area contributed by atoms with Gasteiger partial charge in [0.25, 0.3) is 5.56 Å². The van der Waals surface area contributed by atoms with Crippen LogP contribution < -0.4 is 15.0 Å². The maximum atomic E-state index is 13.5. The predicted molar refractivity (Wildman–Crippen MR) is 157 cm³/mol. The SMILES string of the molecule is CCOC(=O)[C@@H](C)Oc1ccc(C=Nn2c(-c3cc4c(OC)cccc4o3)nc3ccccc3c2=O)cc1I. The Kier molecular flexibility index (Phi) is 7.64. The molecule has 0 aliphatic rings. The van der Waals surface area contributed by atoms with E-state index in [4.69, 9.17) is 23.6 Å². The Morgan fingerprint density at radius 1 is 1.10 bits per heavy atom. The lowest BCUT2D eigenvalue weighted by atomic mass is 10.2. The highest BCUT2D eigenvalue weighted by molar-refractivity contribution is 14.1. The lowest BCUT2D eigenvalue weighted by molar-refractivity contribution is -0.150. The topological polar surface area (TPSA) is 105 Å². The molecule has 0 aliphatic carbocycles. The van der Waals surface area contributed by atoms with E-state index in [-0.39, 0.29) is 18.0 Å². The number of nitrogens with zero attached hydrogens (tertiary/aromatic N) is 3. The number of halogens is 1. The molecule has 0 bridgehead atoms. The number of esters is 1. The van der Waals surface area contributed by atoms with E-state index in [1.807, 2.05) is 30.3 Å². The lowest BCUT2D eigenvalue weighted by Gasteiger charge is -2.14. The van der Waals surface area contributed by atoms with E-state index in [1.54, 1.807) is 63.6 Å². The fourth-order valence-corrected chi connectivity index (χ4v) is 4.69. The first kappa shape index (κ1) is 26.4. The van der Waals surface area contributed by atoms with Crippen molar-refractivity contribution in [3.8, 4) is 23.1 Å². The molecule has 10 heteroatoms. The Morgan fingerprint density at radius 2 is 1.92 bits per heavy atom. The molecule has 2 aromatic heterocycles. The standard InChI is InChI=1S/C29H24IN3O6/c1-4-37-29(35)17(2)38-25-13-12-18(14-21(25)30)16-31-33-27(32-22-9-6-5-8-19(22)28(33)34)26-15-20-23(36-3)10-7-11-24(20)39-26/h5-17H,4H2,1-3H3/t17-/m1/s1. The molecule has 0 unspecified atom stereocenters. The van der Waals surface area contributed by atoms with E-state index in [9.17, 15) is 9.59 Å². The van der Waals surface area contributed by atoms with Crippen molar-refractivity contribution in [1.29, 1.82) is 0 Å². The van der Waals surface area contributed by atoms with Gasteiger partial charge in [-0.3, -0.25) is 4.79 Å². The number of hydrogen-bond donors (Lipinski definition) is 0. The van der Waals surface area contributed by atoms with Crippen molar-refractivity contribution >= 4 is 56.6 Å². The van der Waals surface area contributed by atoms with Crippen LogP contribution in [0, 0.1) is 3.57 Å². The molecule has 2 heterocycles. The summed E-state index contributed by atoms with van der Waals surface area (Å²) >= 11 is 2.12. The van der Waals surface area contributed by atoms with Crippen LogP contribution in [-0.4, -0.2) is 41.7 Å². The van der Waals surface area contributed by atoms with Gasteiger partial charge in [-0.05, 0) is 90.5 Å². The Hall–Kier alpha value is -4.19. The van der Waals surface area contributed by atoms with Crippen LogP contribution in [0.2, 0.25) is 0 Å². The van der Waals surface area contributed by atoms with Crippen molar-refractivity contribution in [2.75, 3.05) is 13.7 Å². The largest absolute Gasteiger partial charge is 0.496 e. The zero-order chi connectivity index (χ0) is 27.5. The molecule has 0 fully saturated rings. The van der Waals surface area contributed by atoms with Gasteiger partial charge in [-0.2, -0.15) is 9.78 Å². The van der Waals surface area contributed by atoms with Gasteiger partial charge in [0.05, 0.1) is 39.8 Å². The maximum absolute atomic E-state index is 13.5. The smallest absolute Gasteiger partial charge is 0.347 e. The second kappa shape index (κ2) is 11.3. The van der Waals surface area contributed by atoms with Gasteiger partial charge in [-0.1, -0.05) is 18.2 Å². The molecular formula is C29H24IN3O6. The van der Waals surface area contributed by atoms with Crippen molar-refractivity contribution < 1.29 is 23.4 Å². The lowest BCUT2D eigenvalue weighted by Crippen LogP contribution is -2.26. The molecule has 0 spiro atoms. The number of methoxy groups -OCH3 is 1. The quantitative estimate of drug-likeness (QED) is 0.123. The number of benzene rings is 3. The second-order valence-corrected chi connectivity index (χ2v) is 9.66. The Labute approximate surface area is 237 Å². The van der Waals surface area contributed by atoms with Crippen LogP contribution in [0.25, 0.3) is 33.5 Å². The van der Waals surface area contributed by atoms with Gasteiger partial charge < -0.3 is 18.6 Å². The van der Waals surface area contributed by atoms with Crippen LogP contribution >= 0.6 is 22.6 Å². The third-order valence-electron chi connectivity index (χ3n) is 5.92. The third-order valence-corrected chi connectivity index (χ3v) is 6.76. The molecule has 198 valence electrons. The summed E-state index contributed by atoms with van der Waals surface area (Å²) in [4.78, 5) is 30.2. The van der Waals surface area contributed by atoms with Gasteiger partial charge in [-0.25, -0.2) is 9.78 Å². The number of hydrogen-bond acceptors (Lipinski definition) is 8. The minimum atomic E-state index is -0.745. The summed E-state index contributed by atoms with van der Waals surface area (Å²) in [6, 6.07) is 19.7.